The summed E-state index contributed by atoms with van der Waals surface area (Å²) in [7, 11) is 0. The summed E-state index contributed by atoms with van der Waals surface area (Å²) in [6.45, 7) is 4.31. The number of hydrogen-bond donors (Lipinski definition) is 1. The first-order chi connectivity index (χ1) is 8.57. The van der Waals surface area contributed by atoms with Gasteiger partial charge in [0.25, 0.3) is 0 Å². The monoisotopic (exact) mass is 250 g/mol. The second kappa shape index (κ2) is 5.02. The molecule has 5 nitrogen and oxygen atoms in total. The van der Waals surface area contributed by atoms with Crippen LogP contribution >= 0.6 is 0 Å². The van der Waals surface area contributed by atoms with Gasteiger partial charge in [0, 0.05) is 12.3 Å². The Morgan fingerprint density at radius 2 is 2.11 bits per heavy atom. The third-order valence-electron chi connectivity index (χ3n) is 3.31. The largest absolute Gasteiger partial charge is 0.477 e. The Balaban J connectivity index is 2.44. The SMILES string of the molecule is CCOC1(c2nc(C)cc(C(=O)O)n2)CCCC1. The molecule has 1 saturated carbocycles. The zero-order valence-corrected chi connectivity index (χ0v) is 10.8. The van der Waals surface area contributed by atoms with Crippen LogP contribution in [0.4, 0.5) is 0 Å². The van der Waals surface area contributed by atoms with Crippen LogP contribution < -0.4 is 0 Å². The molecule has 0 bridgehead atoms. The number of ether oxygens (including phenoxy) is 1. The number of carboxylic acids is 1. The molecule has 0 unspecified atom stereocenters. The minimum atomic E-state index is -1.02. The molecule has 1 aliphatic rings. The molecule has 1 aromatic heterocycles. The minimum absolute atomic E-state index is 0.0449. The van der Waals surface area contributed by atoms with E-state index in [-0.39, 0.29) is 5.69 Å². The maximum atomic E-state index is 11.1. The van der Waals surface area contributed by atoms with Gasteiger partial charge in [-0.2, -0.15) is 0 Å². The summed E-state index contributed by atoms with van der Waals surface area (Å²) in [5.41, 5.74) is 0.234. The first-order valence-electron chi connectivity index (χ1n) is 6.31. The Morgan fingerprint density at radius 3 is 2.67 bits per heavy atom. The van der Waals surface area contributed by atoms with Crippen LogP contribution in [0.5, 0.6) is 0 Å². The van der Waals surface area contributed by atoms with E-state index in [4.69, 9.17) is 9.84 Å². The van der Waals surface area contributed by atoms with E-state index >= 15 is 0 Å². The van der Waals surface area contributed by atoms with Gasteiger partial charge in [0.15, 0.2) is 11.5 Å². The second-order valence-electron chi connectivity index (χ2n) is 4.66. The quantitative estimate of drug-likeness (QED) is 0.887. The normalized spacial score (nSPS) is 17.9. The highest BCUT2D eigenvalue weighted by Gasteiger charge is 2.39. The third kappa shape index (κ3) is 2.36. The highest BCUT2D eigenvalue weighted by atomic mass is 16.5. The topological polar surface area (TPSA) is 72.3 Å². The van der Waals surface area contributed by atoms with Crippen LogP contribution in [-0.2, 0) is 10.3 Å². The summed E-state index contributed by atoms with van der Waals surface area (Å²) in [4.78, 5) is 19.6. The van der Waals surface area contributed by atoms with Gasteiger partial charge in [0.2, 0.25) is 0 Å². The molecule has 2 rings (SSSR count). The van der Waals surface area contributed by atoms with Gasteiger partial charge in [-0.25, -0.2) is 14.8 Å². The number of aryl methyl sites for hydroxylation is 1. The summed E-state index contributed by atoms with van der Waals surface area (Å²) in [5.74, 6) is -0.495. The number of rotatable bonds is 4. The fourth-order valence-electron chi connectivity index (χ4n) is 2.54. The summed E-state index contributed by atoms with van der Waals surface area (Å²) in [6, 6.07) is 1.49. The van der Waals surface area contributed by atoms with E-state index in [1.165, 1.54) is 6.07 Å². The molecule has 1 aliphatic carbocycles. The van der Waals surface area contributed by atoms with Crippen LogP contribution in [0.3, 0.4) is 0 Å². The highest BCUT2D eigenvalue weighted by Crippen LogP contribution is 2.40. The molecule has 1 fully saturated rings. The first kappa shape index (κ1) is 13.0. The molecule has 5 heteroatoms. The Hall–Kier alpha value is -1.49. The lowest BCUT2D eigenvalue weighted by Crippen LogP contribution is -2.30. The molecule has 0 saturated heterocycles. The van der Waals surface area contributed by atoms with Crippen LogP contribution in [-0.4, -0.2) is 27.7 Å². The fourth-order valence-corrected chi connectivity index (χ4v) is 2.54. The lowest BCUT2D eigenvalue weighted by molar-refractivity contribution is -0.0459. The molecule has 0 amide bonds. The number of carbonyl (C=O) groups is 1. The van der Waals surface area contributed by atoms with E-state index in [1.54, 1.807) is 6.92 Å². The van der Waals surface area contributed by atoms with Crippen molar-refractivity contribution in [2.24, 2.45) is 0 Å². The van der Waals surface area contributed by atoms with Gasteiger partial charge in [-0.3, -0.25) is 0 Å². The summed E-state index contributed by atoms with van der Waals surface area (Å²) in [5, 5.41) is 9.06. The first-order valence-corrected chi connectivity index (χ1v) is 6.31. The number of aromatic carboxylic acids is 1. The lowest BCUT2D eigenvalue weighted by Gasteiger charge is -2.27. The molecule has 0 radical (unpaired) electrons. The summed E-state index contributed by atoms with van der Waals surface area (Å²) >= 11 is 0. The van der Waals surface area contributed by atoms with Crippen molar-refractivity contribution in [2.45, 2.75) is 45.1 Å². The van der Waals surface area contributed by atoms with Crippen molar-refractivity contribution in [1.82, 2.24) is 9.97 Å². The van der Waals surface area contributed by atoms with E-state index in [1.807, 2.05) is 6.92 Å². The van der Waals surface area contributed by atoms with Crippen LogP contribution in [0, 0.1) is 6.92 Å². The predicted molar refractivity (Wildman–Crippen MR) is 65.5 cm³/mol. The average Bonchev–Trinajstić information content (AvgIpc) is 2.78. The maximum absolute atomic E-state index is 11.1. The number of nitrogens with zero attached hydrogens (tertiary/aromatic N) is 2. The minimum Gasteiger partial charge on any atom is -0.477 e. The van der Waals surface area contributed by atoms with E-state index < -0.39 is 11.6 Å². The molecular weight excluding hydrogens is 232 g/mol. The zero-order chi connectivity index (χ0) is 13.2. The van der Waals surface area contributed by atoms with E-state index in [0.29, 0.717) is 18.1 Å². The van der Waals surface area contributed by atoms with Crippen molar-refractivity contribution in [1.29, 1.82) is 0 Å². The van der Waals surface area contributed by atoms with E-state index in [9.17, 15) is 4.79 Å². The van der Waals surface area contributed by atoms with E-state index in [0.717, 1.165) is 25.7 Å². The van der Waals surface area contributed by atoms with Crippen molar-refractivity contribution in [2.75, 3.05) is 6.61 Å². The zero-order valence-electron chi connectivity index (χ0n) is 10.8. The van der Waals surface area contributed by atoms with Gasteiger partial charge >= 0.3 is 5.97 Å². The summed E-state index contributed by atoms with van der Waals surface area (Å²) < 4.78 is 5.85. The molecule has 1 aromatic rings. The van der Waals surface area contributed by atoms with Crippen molar-refractivity contribution < 1.29 is 14.6 Å². The molecule has 0 aromatic carbocycles. The predicted octanol–water partition coefficient (Wildman–Crippen LogP) is 2.29. The molecular formula is C13H18N2O3. The van der Waals surface area contributed by atoms with Crippen LogP contribution in [0.1, 0.15) is 54.6 Å². The molecule has 0 spiro atoms. The van der Waals surface area contributed by atoms with Gasteiger partial charge in [0.05, 0.1) is 0 Å². The number of carboxylic acid groups (broad SMARTS) is 1. The molecule has 1 heterocycles. The lowest BCUT2D eigenvalue weighted by atomic mass is 10.0. The highest BCUT2D eigenvalue weighted by molar-refractivity contribution is 5.85. The van der Waals surface area contributed by atoms with Crippen molar-refractivity contribution in [3.05, 3.63) is 23.3 Å². The number of aromatic nitrogens is 2. The van der Waals surface area contributed by atoms with Crippen LogP contribution in [0.15, 0.2) is 6.07 Å². The molecule has 0 atom stereocenters. The van der Waals surface area contributed by atoms with Crippen molar-refractivity contribution >= 4 is 5.97 Å². The standard InChI is InChI=1S/C13H18N2O3/c1-3-18-13(6-4-5-7-13)12-14-9(2)8-10(15-12)11(16)17/h8H,3-7H2,1-2H3,(H,16,17). The molecule has 98 valence electrons. The summed E-state index contributed by atoms with van der Waals surface area (Å²) in [6.07, 6.45) is 3.87. The van der Waals surface area contributed by atoms with Crippen LogP contribution in [0.25, 0.3) is 0 Å². The van der Waals surface area contributed by atoms with Crippen molar-refractivity contribution in [3.8, 4) is 0 Å². The second-order valence-corrected chi connectivity index (χ2v) is 4.66. The van der Waals surface area contributed by atoms with Gasteiger partial charge < -0.3 is 9.84 Å². The number of hydrogen-bond acceptors (Lipinski definition) is 4. The van der Waals surface area contributed by atoms with Gasteiger partial charge in [-0.15, -0.1) is 0 Å². The third-order valence-corrected chi connectivity index (χ3v) is 3.31. The fraction of sp³-hybridized carbons (Fsp3) is 0.615. The van der Waals surface area contributed by atoms with Crippen LogP contribution in [0.2, 0.25) is 0 Å². The van der Waals surface area contributed by atoms with Gasteiger partial charge in [-0.1, -0.05) is 0 Å². The Morgan fingerprint density at radius 1 is 1.44 bits per heavy atom. The van der Waals surface area contributed by atoms with Gasteiger partial charge in [-0.05, 0) is 45.6 Å². The van der Waals surface area contributed by atoms with E-state index in [2.05, 4.69) is 9.97 Å². The smallest absolute Gasteiger partial charge is 0.354 e. The Kier molecular flexibility index (Phi) is 3.61. The van der Waals surface area contributed by atoms with Crippen molar-refractivity contribution in [3.63, 3.8) is 0 Å². The molecule has 0 aliphatic heterocycles. The Labute approximate surface area is 106 Å². The van der Waals surface area contributed by atoms with Gasteiger partial charge in [0.1, 0.15) is 5.60 Å². The maximum Gasteiger partial charge on any atom is 0.354 e. The molecule has 18 heavy (non-hydrogen) atoms. The Bertz CT molecular complexity index is 454. The molecule has 1 N–H and O–H groups in total. The average molecular weight is 250 g/mol.